The maximum absolute atomic E-state index is 14.2. The Morgan fingerprint density at radius 3 is 2.52 bits per heavy atom. The molecular weight excluding hydrogens is 828 g/mol. The lowest BCUT2D eigenvalue weighted by atomic mass is 9.83. The smallest absolute Gasteiger partial charge is 0.271 e. The third-order valence-corrected chi connectivity index (χ3v) is 10.7. The summed E-state index contributed by atoms with van der Waals surface area (Å²) in [6.45, 7) is 0.278. The van der Waals surface area contributed by atoms with Crippen molar-refractivity contribution >= 4 is 74.0 Å². The predicted molar refractivity (Wildman–Crippen MR) is 195 cm³/mol. The Labute approximate surface area is 295 Å². The van der Waals surface area contributed by atoms with Crippen LogP contribution in [-0.4, -0.2) is 16.6 Å². The van der Waals surface area contributed by atoms with E-state index in [2.05, 4.69) is 69.4 Å². The number of allylic oxidation sites excluding steroid dienone is 1. The summed E-state index contributed by atoms with van der Waals surface area (Å²) in [4.78, 5) is 30.5. The minimum atomic E-state index is -0.418. The molecule has 0 saturated heterocycles. The number of hydrogen-bond acceptors (Lipinski definition) is 7. The molecule has 7 rings (SSSR count). The maximum Gasteiger partial charge on any atom is 0.271 e. The number of nitrogens with zero attached hydrogens (tertiary/aromatic N) is 3. The van der Waals surface area contributed by atoms with Gasteiger partial charge in [0, 0.05) is 17.7 Å². The first-order valence-electron chi connectivity index (χ1n) is 14.4. The van der Waals surface area contributed by atoms with Crippen molar-refractivity contribution in [2.45, 2.75) is 25.5 Å². The average Bonchev–Trinajstić information content (AvgIpc) is 3.37. The fourth-order valence-electron chi connectivity index (χ4n) is 5.96. The van der Waals surface area contributed by atoms with Crippen molar-refractivity contribution in [2.75, 3.05) is 7.11 Å². The highest BCUT2D eigenvalue weighted by atomic mass is 127. The SMILES string of the molecule is COc1cccc([C@@H]2C3=C(N=c4s/c(=C/c5cc(I)c(OCc6ccc([N+](=O)[O-])cc6)c(I)c5)c(=O)n42)c2ccccc2CC3)c1. The monoisotopic (exact) mass is 853 g/mol. The number of ether oxygens (including phenoxy) is 2. The number of nitro benzene ring substituents is 1. The topological polar surface area (TPSA) is 96.0 Å². The Balaban J connectivity index is 1.28. The molecule has 1 aromatic heterocycles. The molecule has 0 fully saturated rings. The van der Waals surface area contributed by atoms with Crippen LogP contribution < -0.4 is 24.4 Å². The highest BCUT2D eigenvalue weighted by Crippen LogP contribution is 2.41. The molecule has 0 radical (unpaired) electrons. The number of non-ortho nitro benzene ring substituents is 1. The molecule has 4 aromatic carbocycles. The van der Waals surface area contributed by atoms with Gasteiger partial charge in [0.05, 0.1) is 35.4 Å². The van der Waals surface area contributed by atoms with Gasteiger partial charge >= 0.3 is 0 Å². The van der Waals surface area contributed by atoms with Crippen LogP contribution in [0.5, 0.6) is 11.5 Å². The Morgan fingerprint density at radius 2 is 1.78 bits per heavy atom. The first kappa shape index (κ1) is 30.8. The van der Waals surface area contributed by atoms with E-state index in [4.69, 9.17) is 14.5 Å². The van der Waals surface area contributed by atoms with E-state index in [0.29, 0.717) is 9.33 Å². The Morgan fingerprint density at radius 1 is 1.02 bits per heavy atom. The van der Waals surface area contributed by atoms with E-state index in [-0.39, 0.29) is 23.9 Å². The van der Waals surface area contributed by atoms with Gasteiger partial charge in [0.15, 0.2) is 4.80 Å². The second kappa shape index (κ2) is 12.8. The molecule has 2 aliphatic rings. The van der Waals surface area contributed by atoms with Gasteiger partial charge in [-0.15, -0.1) is 0 Å². The zero-order valence-electron chi connectivity index (χ0n) is 24.4. The fourth-order valence-corrected chi connectivity index (χ4v) is 9.08. The van der Waals surface area contributed by atoms with Crippen LogP contribution in [0.15, 0.2) is 100 Å². The number of aryl methyl sites for hydroxylation is 1. The van der Waals surface area contributed by atoms with E-state index < -0.39 is 4.92 Å². The largest absolute Gasteiger partial charge is 0.497 e. The van der Waals surface area contributed by atoms with Crippen LogP contribution in [0, 0.1) is 17.3 Å². The number of hydrogen-bond donors (Lipinski definition) is 0. The zero-order chi connectivity index (χ0) is 31.9. The molecule has 0 amide bonds. The van der Waals surface area contributed by atoms with E-state index in [9.17, 15) is 14.9 Å². The van der Waals surface area contributed by atoms with Gasteiger partial charge in [0.25, 0.3) is 11.2 Å². The highest BCUT2D eigenvalue weighted by Gasteiger charge is 2.32. The minimum absolute atomic E-state index is 0.0438. The van der Waals surface area contributed by atoms with Crippen molar-refractivity contribution in [1.82, 2.24) is 4.57 Å². The zero-order valence-corrected chi connectivity index (χ0v) is 29.5. The summed E-state index contributed by atoms with van der Waals surface area (Å²) in [6, 6.07) is 26.4. The van der Waals surface area contributed by atoms with Crippen molar-refractivity contribution < 1.29 is 14.4 Å². The molecular formula is C35H25I2N3O5S. The van der Waals surface area contributed by atoms with Crippen molar-refractivity contribution in [1.29, 1.82) is 0 Å². The van der Waals surface area contributed by atoms with Crippen LogP contribution in [0.25, 0.3) is 11.8 Å². The normalized spacial score (nSPS) is 15.5. The lowest BCUT2D eigenvalue weighted by Crippen LogP contribution is -2.38. The van der Waals surface area contributed by atoms with Crippen molar-refractivity contribution in [2.24, 2.45) is 4.99 Å². The van der Waals surface area contributed by atoms with Crippen molar-refractivity contribution in [3.05, 3.63) is 155 Å². The molecule has 230 valence electrons. The highest BCUT2D eigenvalue weighted by molar-refractivity contribution is 14.1. The molecule has 11 heteroatoms. The number of aromatic nitrogens is 1. The number of rotatable bonds is 7. The van der Waals surface area contributed by atoms with E-state index in [1.807, 2.05) is 47.0 Å². The summed E-state index contributed by atoms with van der Waals surface area (Å²) >= 11 is 5.88. The Hall–Kier alpha value is -3.82. The van der Waals surface area contributed by atoms with Crippen LogP contribution in [-0.2, 0) is 13.0 Å². The molecule has 46 heavy (non-hydrogen) atoms. The number of benzene rings is 4. The van der Waals surface area contributed by atoms with Crippen molar-refractivity contribution in [3.8, 4) is 11.5 Å². The standard InChI is InChI=1S/C35H25I2N3O5S/c1-44-25-7-4-6-23(18-25)32-27-14-11-22-5-2-3-8-26(22)31(27)38-35-39(32)34(41)30(46-35)17-21-15-28(36)33(29(37)16-21)45-19-20-9-12-24(13-10-20)40(42)43/h2-10,12-13,15-18,32H,11,14,19H2,1H3/b30-17+/t32-/m1/s1. The van der Waals surface area contributed by atoms with Crippen LogP contribution >= 0.6 is 56.5 Å². The van der Waals surface area contributed by atoms with Gasteiger partial charge in [0.2, 0.25) is 0 Å². The molecule has 0 spiro atoms. The van der Waals surface area contributed by atoms with Gasteiger partial charge in [-0.25, -0.2) is 4.99 Å². The first-order valence-corrected chi connectivity index (χ1v) is 17.4. The minimum Gasteiger partial charge on any atom is -0.497 e. The Bertz CT molecular complexity index is 2220. The molecule has 8 nitrogen and oxygen atoms in total. The molecule has 1 atom stereocenters. The molecule has 0 unspecified atom stereocenters. The van der Waals surface area contributed by atoms with E-state index in [0.717, 1.165) is 65.0 Å². The molecule has 5 aromatic rings. The fraction of sp³-hybridized carbons (Fsp3) is 0.143. The molecule has 1 aliphatic heterocycles. The van der Waals surface area contributed by atoms with Gasteiger partial charge in [-0.05, 0) is 128 Å². The number of thiazole rings is 1. The van der Waals surface area contributed by atoms with Crippen LogP contribution in [0.1, 0.15) is 40.3 Å². The summed E-state index contributed by atoms with van der Waals surface area (Å²) in [5.41, 5.74) is 7.18. The average molecular weight is 853 g/mol. The maximum atomic E-state index is 14.2. The lowest BCUT2D eigenvalue weighted by molar-refractivity contribution is -0.384. The number of nitro groups is 1. The number of halogens is 2. The number of methoxy groups -OCH3 is 1. The number of fused-ring (bicyclic) bond motifs is 3. The lowest BCUT2D eigenvalue weighted by Gasteiger charge is -2.31. The van der Waals surface area contributed by atoms with Crippen molar-refractivity contribution in [3.63, 3.8) is 0 Å². The second-order valence-corrected chi connectivity index (χ2v) is 14.2. The van der Waals surface area contributed by atoms with Gasteiger partial charge in [-0.3, -0.25) is 19.5 Å². The molecule has 0 saturated carbocycles. The predicted octanol–water partition coefficient (Wildman–Crippen LogP) is 7.02. The van der Waals surface area contributed by atoms with E-state index in [1.54, 1.807) is 19.2 Å². The van der Waals surface area contributed by atoms with Gasteiger partial charge in [-0.2, -0.15) is 0 Å². The summed E-state index contributed by atoms with van der Waals surface area (Å²) in [5, 5.41) is 11.0. The summed E-state index contributed by atoms with van der Waals surface area (Å²) in [5.74, 6) is 1.47. The molecule has 0 bridgehead atoms. The van der Waals surface area contributed by atoms with Gasteiger partial charge in [-0.1, -0.05) is 47.7 Å². The first-order chi connectivity index (χ1) is 22.3. The van der Waals surface area contributed by atoms with Gasteiger partial charge < -0.3 is 9.47 Å². The Kier molecular flexibility index (Phi) is 8.55. The summed E-state index contributed by atoms with van der Waals surface area (Å²) < 4.78 is 15.9. The van der Waals surface area contributed by atoms with E-state index in [1.165, 1.54) is 29.0 Å². The van der Waals surface area contributed by atoms with Crippen LogP contribution in [0.2, 0.25) is 0 Å². The van der Waals surface area contributed by atoms with E-state index >= 15 is 0 Å². The third kappa shape index (κ3) is 5.79. The second-order valence-electron chi connectivity index (χ2n) is 10.9. The molecule has 0 N–H and O–H groups in total. The molecule has 2 heterocycles. The van der Waals surface area contributed by atoms with Crippen LogP contribution in [0.4, 0.5) is 5.69 Å². The van der Waals surface area contributed by atoms with Crippen LogP contribution in [0.3, 0.4) is 0 Å². The van der Waals surface area contributed by atoms with Gasteiger partial charge in [0.1, 0.15) is 18.1 Å². The summed E-state index contributed by atoms with van der Waals surface area (Å²) in [6.07, 6.45) is 3.64. The quantitative estimate of drug-likeness (QED) is 0.0997. The molecule has 1 aliphatic carbocycles. The third-order valence-electron chi connectivity index (χ3n) is 8.13. The summed E-state index contributed by atoms with van der Waals surface area (Å²) in [7, 11) is 1.65.